The van der Waals surface area contributed by atoms with E-state index in [2.05, 4.69) is 92.3 Å². The predicted octanol–water partition coefficient (Wildman–Crippen LogP) is 11.8. The molecule has 4 aromatic rings. The largest absolute Gasteiger partial charge is 0.261 e. The van der Waals surface area contributed by atoms with E-state index in [0.717, 1.165) is 16.7 Å². The monoisotopic (exact) mass is 609 g/mol. The molecule has 3 nitrogen and oxygen atoms in total. The minimum Gasteiger partial charge on any atom is -0.261 e. The number of aliphatic imine (C=N–C) groups is 3. The maximum atomic E-state index is 5.21. The topological polar surface area (TPSA) is 37.1 Å². The van der Waals surface area contributed by atoms with Crippen molar-refractivity contribution in [3.8, 4) is 11.1 Å². The van der Waals surface area contributed by atoms with Gasteiger partial charge in [-0.2, -0.15) is 0 Å². The number of hydrogen-bond acceptors (Lipinski definition) is 1. The fourth-order valence-electron chi connectivity index (χ4n) is 7.22. The summed E-state index contributed by atoms with van der Waals surface area (Å²) in [5, 5.41) is 0. The van der Waals surface area contributed by atoms with E-state index in [-0.39, 0.29) is 5.41 Å². The lowest BCUT2D eigenvalue weighted by molar-refractivity contribution is 0.399. The van der Waals surface area contributed by atoms with Gasteiger partial charge in [-0.3, -0.25) is 4.99 Å². The van der Waals surface area contributed by atoms with Gasteiger partial charge in [-0.25, -0.2) is 9.98 Å². The Kier molecular flexibility index (Phi) is 12.3. The SMILES string of the molecule is C=NC(=NC(=NCc1ccccc1)c1cccc2c1-c1ccccc1C2(CCCCCCC)CCCCCCC)c1ccccc1. The van der Waals surface area contributed by atoms with Crippen LogP contribution in [0.3, 0.4) is 0 Å². The molecule has 0 fully saturated rings. The summed E-state index contributed by atoms with van der Waals surface area (Å²) < 4.78 is 0. The first-order chi connectivity index (χ1) is 22.7. The lowest BCUT2D eigenvalue weighted by Crippen LogP contribution is -2.25. The van der Waals surface area contributed by atoms with Crippen LogP contribution in [0.15, 0.2) is 118 Å². The van der Waals surface area contributed by atoms with E-state index in [1.165, 1.54) is 99.3 Å². The van der Waals surface area contributed by atoms with Crippen molar-refractivity contribution in [3.63, 3.8) is 0 Å². The summed E-state index contributed by atoms with van der Waals surface area (Å²) >= 11 is 0. The molecule has 238 valence electrons. The molecule has 3 heteroatoms. The van der Waals surface area contributed by atoms with Crippen LogP contribution in [0.4, 0.5) is 0 Å². The summed E-state index contributed by atoms with van der Waals surface area (Å²) in [5.41, 5.74) is 8.76. The van der Waals surface area contributed by atoms with Crippen LogP contribution >= 0.6 is 0 Å². The smallest absolute Gasteiger partial charge is 0.161 e. The number of hydrogen-bond donors (Lipinski definition) is 0. The minimum atomic E-state index is 0.00751. The predicted molar refractivity (Wildman–Crippen MR) is 199 cm³/mol. The third kappa shape index (κ3) is 7.81. The van der Waals surface area contributed by atoms with Gasteiger partial charge in [0, 0.05) is 16.5 Å². The molecule has 0 unspecified atom stereocenters. The molecule has 0 bridgehead atoms. The molecule has 0 radical (unpaired) electrons. The molecule has 0 spiro atoms. The standard InChI is InChI=1S/C43H51N3/c1-4-6-8-10-20-31-43(32-21-11-9-7-5-2)38-29-19-18-27-36(38)40-37(28-22-30-39(40)43)42(45-33-34-23-14-12-15-24-34)46-41(44-3)35-25-16-13-17-26-35/h12-19,22-30H,3-11,20-21,31-33H2,1-2H3. The molecule has 0 saturated carbocycles. The minimum absolute atomic E-state index is 0.00751. The summed E-state index contributed by atoms with van der Waals surface area (Å²) in [6, 6.07) is 36.6. The number of unbranched alkanes of at least 4 members (excludes halogenated alkanes) is 8. The Bertz CT molecular complexity index is 1590. The van der Waals surface area contributed by atoms with E-state index in [1.54, 1.807) is 0 Å². The van der Waals surface area contributed by atoms with Crippen LogP contribution in [0.2, 0.25) is 0 Å². The lowest BCUT2D eigenvalue weighted by atomic mass is 9.70. The summed E-state index contributed by atoms with van der Waals surface area (Å²) in [6.07, 6.45) is 15.3. The highest BCUT2D eigenvalue weighted by Gasteiger charge is 2.43. The number of rotatable bonds is 16. The molecule has 5 rings (SSSR count). The molecule has 0 aromatic heterocycles. The fraction of sp³-hybridized carbons (Fsp3) is 0.372. The Morgan fingerprint density at radius 2 is 1.17 bits per heavy atom. The molecule has 46 heavy (non-hydrogen) atoms. The highest BCUT2D eigenvalue weighted by molar-refractivity contribution is 6.15. The maximum absolute atomic E-state index is 5.21. The van der Waals surface area contributed by atoms with Crippen LogP contribution < -0.4 is 0 Å². The normalized spacial score (nSPS) is 13.8. The second kappa shape index (κ2) is 17.0. The molecule has 0 amide bonds. The number of benzene rings is 4. The van der Waals surface area contributed by atoms with Gasteiger partial charge < -0.3 is 0 Å². The lowest BCUT2D eigenvalue weighted by Gasteiger charge is -2.33. The van der Waals surface area contributed by atoms with Gasteiger partial charge in [-0.05, 0) is 47.4 Å². The van der Waals surface area contributed by atoms with Crippen molar-refractivity contribution in [3.05, 3.63) is 131 Å². The van der Waals surface area contributed by atoms with Crippen molar-refractivity contribution >= 4 is 18.4 Å². The average molecular weight is 610 g/mol. The molecular formula is C43H51N3. The highest BCUT2D eigenvalue weighted by Crippen LogP contribution is 2.55. The van der Waals surface area contributed by atoms with Crippen molar-refractivity contribution in [2.75, 3.05) is 0 Å². The van der Waals surface area contributed by atoms with Crippen molar-refractivity contribution in [1.82, 2.24) is 0 Å². The van der Waals surface area contributed by atoms with Crippen LogP contribution in [0.25, 0.3) is 11.1 Å². The van der Waals surface area contributed by atoms with Gasteiger partial charge in [-0.15, -0.1) is 0 Å². The van der Waals surface area contributed by atoms with Gasteiger partial charge >= 0.3 is 0 Å². The Morgan fingerprint density at radius 3 is 1.83 bits per heavy atom. The van der Waals surface area contributed by atoms with Crippen molar-refractivity contribution in [1.29, 1.82) is 0 Å². The number of fused-ring (bicyclic) bond motifs is 3. The zero-order valence-electron chi connectivity index (χ0n) is 28.1. The van der Waals surface area contributed by atoms with Crippen LogP contribution in [-0.4, -0.2) is 18.4 Å². The molecule has 0 atom stereocenters. The van der Waals surface area contributed by atoms with E-state index in [4.69, 9.17) is 9.98 Å². The first-order valence-electron chi connectivity index (χ1n) is 17.6. The average Bonchev–Trinajstić information content (AvgIpc) is 3.39. The fourth-order valence-corrected chi connectivity index (χ4v) is 7.22. The molecule has 0 aliphatic heterocycles. The van der Waals surface area contributed by atoms with E-state index in [0.29, 0.717) is 18.2 Å². The van der Waals surface area contributed by atoms with Gasteiger partial charge in [-0.1, -0.05) is 181 Å². The molecule has 0 heterocycles. The summed E-state index contributed by atoms with van der Waals surface area (Å²) in [4.78, 5) is 14.8. The van der Waals surface area contributed by atoms with Gasteiger partial charge in [0.25, 0.3) is 0 Å². The highest BCUT2D eigenvalue weighted by atomic mass is 15.0. The number of amidine groups is 2. The molecule has 4 aromatic carbocycles. The van der Waals surface area contributed by atoms with E-state index < -0.39 is 0 Å². The third-order valence-corrected chi connectivity index (χ3v) is 9.59. The maximum Gasteiger partial charge on any atom is 0.161 e. The van der Waals surface area contributed by atoms with Gasteiger partial charge in [0.05, 0.1) is 6.54 Å². The van der Waals surface area contributed by atoms with Gasteiger partial charge in [0.15, 0.2) is 11.7 Å². The molecule has 1 aliphatic carbocycles. The van der Waals surface area contributed by atoms with Crippen molar-refractivity contribution in [2.45, 2.75) is 103 Å². The number of nitrogens with zero attached hydrogens (tertiary/aromatic N) is 3. The van der Waals surface area contributed by atoms with E-state index in [1.807, 2.05) is 36.4 Å². The Hall–Kier alpha value is -4.11. The molecule has 0 saturated heterocycles. The summed E-state index contributed by atoms with van der Waals surface area (Å²) in [5.74, 6) is 1.30. The van der Waals surface area contributed by atoms with Crippen LogP contribution in [0.1, 0.15) is 119 Å². The summed E-state index contributed by atoms with van der Waals surface area (Å²) in [7, 11) is 0. The quantitative estimate of drug-likeness (QED) is 0.0688. The van der Waals surface area contributed by atoms with E-state index >= 15 is 0 Å². The second-order valence-corrected chi connectivity index (χ2v) is 12.8. The van der Waals surface area contributed by atoms with Gasteiger partial charge in [0.1, 0.15) is 0 Å². The molecular weight excluding hydrogens is 558 g/mol. The zero-order valence-corrected chi connectivity index (χ0v) is 28.1. The first-order valence-corrected chi connectivity index (χ1v) is 17.6. The molecule has 0 N–H and O–H groups in total. The molecule has 1 aliphatic rings. The van der Waals surface area contributed by atoms with Crippen LogP contribution in [0.5, 0.6) is 0 Å². The summed E-state index contributed by atoms with van der Waals surface area (Å²) in [6.45, 7) is 9.05. The first kappa shape index (κ1) is 33.3. The van der Waals surface area contributed by atoms with Crippen LogP contribution in [0, 0.1) is 0 Å². The Labute approximate surface area is 277 Å². The van der Waals surface area contributed by atoms with Crippen LogP contribution in [-0.2, 0) is 12.0 Å². The van der Waals surface area contributed by atoms with Gasteiger partial charge in [0.2, 0.25) is 0 Å². The third-order valence-electron chi connectivity index (χ3n) is 9.59. The van der Waals surface area contributed by atoms with Crippen molar-refractivity contribution < 1.29 is 0 Å². The van der Waals surface area contributed by atoms with E-state index in [9.17, 15) is 0 Å². The second-order valence-electron chi connectivity index (χ2n) is 12.8. The Morgan fingerprint density at radius 1 is 0.587 bits per heavy atom. The zero-order chi connectivity index (χ0) is 32.0. The van der Waals surface area contributed by atoms with Crippen molar-refractivity contribution in [2.24, 2.45) is 15.0 Å². The Balaban J connectivity index is 1.64.